The summed E-state index contributed by atoms with van der Waals surface area (Å²) < 4.78 is 10.5. The molecule has 3 rings (SSSR count). The maximum atomic E-state index is 12.7. The van der Waals surface area contributed by atoms with Crippen molar-refractivity contribution in [3.8, 4) is 5.75 Å². The van der Waals surface area contributed by atoms with Crippen molar-refractivity contribution in [2.75, 3.05) is 33.3 Å². The highest BCUT2D eigenvalue weighted by Gasteiger charge is 2.23. The molecule has 142 valence electrons. The summed E-state index contributed by atoms with van der Waals surface area (Å²) in [6.45, 7) is 2.42. The zero-order valence-corrected chi connectivity index (χ0v) is 15.5. The van der Waals surface area contributed by atoms with E-state index in [9.17, 15) is 9.59 Å². The van der Waals surface area contributed by atoms with E-state index in [0.29, 0.717) is 31.7 Å². The molecule has 0 atom stereocenters. The van der Waals surface area contributed by atoms with Crippen molar-refractivity contribution in [2.45, 2.75) is 13.0 Å². The van der Waals surface area contributed by atoms with Gasteiger partial charge in [0.1, 0.15) is 12.4 Å². The number of methoxy groups -OCH3 is 1. The lowest BCUT2D eigenvalue weighted by Crippen LogP contribution is -2.37. The molecule has 1 fully saturated rings. The number of nitrogens with zero attached hydrogens (tertiary/aromatic N) is 2. The first-order chi connectivity index (χ1) is 13.2. The average molecular weight is 368 g/mol. The molecule has 6 heteroatoms. The van der Waals surface area contributed by atoms with E-state index in [-0.39, 0.29) is 18.6 Å². The van der Waals surface area contributed by atoms with E-state index >= 15 is 0 Å². The number of amides is 2. The Kier molecular flexibility index (Phi) is 6.30. The second-order valence-corrected chi connectivity index (χ2v) is 6.40. The van der Waals surface area contributed by atoms with Gasteiger partial charge < -0.3 is 19.3 Å². The Morgan fingerprint density at radius 2 is 1.56 bits per heavy atom. The lowest BCUT2D eigenvalue weighted by atomic mass is 10.2. The molecule has 1 heterocycles. The highest BCUT2D eigenvalue weighted by Crippen LogP contribution is 2.15. The van der Waals surface area contributed by atoms with Gasteiger partial charge in [-0.3, -0.25) is 4.79 Å². The molecular weight excluding hydrogens is 344 g/mol. The van der Waals surface area contributed by atoms with Crippen LogP contribution in [0.3, 0.4) is 0 Å². The highest BCUT2D eigenvalue weighted by atomic mass is 16.6. The molecule has 27 heavy (non-hydrogen) atoms. The number of rotatable bonds is 4. The van der Waals surface area contributed by atoms with Crippen LogP contribution in [0.4, 0.5) is 4.79 Å². The molecule has 1 aliphatic rings. The third-order valence-electron chi connectivity index (χ3n) is 4.58. The Morgan fingerprint density at radius 1 is 0.889 bits per heavy atom. The normalized spacial score (nSPS) is 14.4. The van der Waals surface area contributed by atoms with Crippen molar-refractivity contribution in [3.05, 3.63) is 65.7 Å². The fraction of sp³-hybridized carbons (Fsp3) is 0.333. The molecule has 0 aliphatic carbocycles. The minimum atomic E-state index is -0.336. The number of hydrogen-bond acceptors (Lipinski definition) is 4. The average Bonchev–Trinajstić information content (AvgIpc) is 2.98. The Morgan fingerprint density at radius 3 is 2.26 bits per heavy atom. The van der Waals surface area contributed by atoms with Crippen molar-refractivity contribution in [3.63, 3.8) is 0 Å². The molecule has 0 N–H and O–H groups in total. The summed E-state index contributed by atoms with van der Waals surface area (Å²) >= 11 is 0. The Balaban J connectivity index is 1.53. The van der Waals surface area contributed by atoms with Crippen LogP contribution in [0.2, 0.25) is 0 Å². The molecule has 2 aromatic carbocycles. The predicted octanol–water partition coefficient (Wildman–Crippen LogP) is 3.18. The molecule has 0 unspecified atom stereocenters. The van der Waals surface area contributed by atoms with Gasteiger partial charge in [0.25, 0.3) is 5.91 Å². The standard InChI is InChI=1S/C21H24N2O4/c1-26-19-10-8-18(9-11-19)20(24)22-12-5-13-23(15-14-22)21(25)27-16-17-6-3-2-4-7-17/h2-4,6-11H,5,12-16H2,1H3. The van der Waals surface area contributed by atoms with Crippen LogP contribution >= 0.6 is 0 Å². The highest BCUT2D eigenvalue weighted by molar-refractivity contribution is 5.94. The third-order valence-corrected chi connectivity index (χ3v) is 4.58. The molecule has 2 aromatic rings. The van der Waals surface area contributed by atoms with E-state index in [0.717, 1.165) is 17.7 Å². The summed E-state index contributed by atoms with van der Waals surface area (Å²) in [5, 5.41) is 0. The number of ether oxygens (including phenoxy) is 2. The van der Waals surface area contributed by atoms with Gasteiger partial charge in [0.05, 0.1) is 7.11 Å². The van der Waals surface area contributed by atoms with Crippen LogP contribution in [0.1, 0.15) is 22.3 Å². The van der Waals surface area contributed by atoms with E-state index in [4.69, 9.17) is 9.47 Å². The number of carbonyl (C=O) groups is 2. The molecule has 6 nitrogen and oxygen atoms in total. The van der Waals surface area contributed by atoms with E-state index in [2.05, 4.69) is 0 Å². The zero-order valence-electron chi connectivity index (χ0n) is 15.5. The quantitative estimate of drug-likeness (QED) is 0.832. The molecule has 2 amide bonds. The van der Waals surface area contributed by atoms with Gasteiger partial charge in [0.15, 0.2) is 0 Å². The topological polar surface area (TPSA) is 59.1 Å². The van der Waals surface area contributed by atoms with E-state index in [1.807, 2.05) is 30.3 Å². The largest absolute Gasteiger partial charge is 0.497 e. The maximum Gasteiger partial charge on any atom is 0.410 e. The van der Waals surface area contributed by atoms with Gasteiger partial charge in [-0.2, -0.15) is 0 Å². The first-order valence-electron chi connectivity index (χ1n) is 9.06. The van der Waals surface area contributed by atoms with Crippen LogP contribution in [0, 0.1) is 0 Å². The van der Waals surface area contributed by atoms with Gasteiger partial charge in [-0.15, -0.1) is 0 Å². The summed E-state index contributed by atoms with van der Waals surface area (Å²) in [5.74, 6) is 0.687. The van der Waals surface area contributed by atoms with E-state index < -0.39 is 0 Å². The molecule has 1 saturated heterocycles. The molecule has 0 spiro atoms. The van der Waals surface area contributed by atoms with Crippen LogP contribution < -0.4 is 4.74 Å². The first-order valence-corrected chi connectivity index (χ1v) is 9.06. The van der Waals surface area contributed by atoms with Crippen LogP contribution in [0.15, 0.2) is 54.6 Å². The van der Waals surface area contributed by atoms with Crippen LogP contribution in [0.25, 0.3) is 0 Å². The number of hydrogen-bond donors (Lipinski definition) is 0. The van der Waals surface area contributed by atoms with Gasteiger partial charge in [-0.05, 0) is 36.2 Å². The Labute approximate surface area is 159 Å². The third kappa shape index (κ3) is 5.00. The maximum absolute atomic E-state index is 12.7. The van der Waals surface area contributed by atoms with Crippen LogP contribution in [-0.4, -0.2) is 55.1 Å². The van der Waals surface area contributed by atoms with Gasteiger partial charge >= 0.3 is 6.09 Å². The summed E-state index contributed by atoms with van der Waals surface area (Å²) in [6, 6.07) is 16.7. The Bertz CT molecular complexity index is 762. The molecule has 0 saturated carbocycles. The monoisotopic (exact) mass is 368 g/mol. The fourth-order valence-corrected chi connectivity index (χ4v) is 3.03. The second-order valence-electron chi connectivity index (χ2n) is 6.40. The smallest absolute Gasteiger partial charge is 0.410 e. The summed E-state index contributed by atoms with van der Waals surface area (Å²) in [7, 11) is 1.59. The SMILES string of the molecule is COc1ccc(C(=O)N2CCCN(C(=O)OCc3ccccc3)CC2)cc1. The second kappa shape index (κ2) is 9.07. The number of benzene rings is 2. The molecule has 0 radical (unpaired) electrons. The molecule has 0 bridgehead atoms. The zero-order chi connectivity index (χ0) is 19.1. The fourth-order valence-electron chi connectivity index (χ4n) is 3.03. The van der Waals surface area contributed by atoms with Crippen molar-refractivity contribution >= 4 is 12.0 Å². The summed E-state index contributed by atoms with van der Waals surface area (Å²) in [6.07, 6.45) is 0.389. The van der Waals surface area contributed by atoms with E-state index in [1.165, 1.54) is 0 Å². The summed E-state index contributed by atoms with van der Waals surface area (Å²) in [4.78, 5) is 28.5. The molecule has 1 aliphatic heterocycles. The lowest BCUT2D eigenvalue weighted by molar-refractivity contribution is 0.0749. The first kappa shape index (κ1) is 18.8. The van der Waals surface area contributed by atoms with Crippen molar-refractivity contribution in [2.24, 2.45) is 0 Å². The molecular formula is C21H24N2O4. The van der Waals surface area contributed by atoms with Crippen LogP contribution in [-0.2, 0) is 11.3 Å². The van der Waals surface area contributed by atoms with Gasteiger partial charge in [-0.25, -0.2) is 4.79 Å². The minimum absolute atomic E-state index is 0.0304. The van der Waals surface area contributed by atoms with Gasteiger partial charge in [0.2, 0.25) is 0 Å². The van der Waals surface area contributed by atoms with Crippen molar-refractivity contribution in [1.82, 2.24) is 9.80 Å². The van der Waals surface area contributed by atoms with Crippen LogP contribution in [0.5, 0.6) is 5.75 Å². The van der Waals surface area contributed by atoms with Gasteiger partial charge in [0, 0.05) is 31.7 Å². The van der Waals surface area contributed by atoms with Crippen molar-refractivity contribution < 1.29 is 19.1 Å². The lowest BCUT2D eigenvalue weighted by Gasteiger charge is -2.22. The van der Waals surface area contributed by atoms with Gasteiger partial charge in [-0.1, -0.05) is 30.3 Å². The number of carbonyl (C=O) groups excluding carboxylic acids is 2. The molecule has 0 aromatic heterocycles. The summed E-state index contributed by atoms with van der Waals surface area (Å²) in [5.41, 5.74) is 1.58. The predicted molar refractivity (Wildman–Crippen MR) is 102 cm³/mol. The Hall–Kier alpha value is -3.02. The minimum Gasteiger partial charge on any atom is -0.497 e. The van der Waals surface area contributed by atoms with Crippen molar-refractivity contribution in [1.29, 1.82) is 0 Å². The van der Waals surface area contributed by atoms with E-state index in [1.54, 1.807) is 41.2 Å².